The van der Waals surface area contributed by atoms with Crippen molar-refractivity contribution in [1.82, 2.24) is 15.2 Å². The van der Waals surface area contributed by atoms with E-state index in [1.807, 2.05) is 25.1 Å². The van der Waals surface area contributed by atoms with Gasteiger partial charge in [0.1, 0.15) is 5.82 Å². The Morgan fingerprint density at radius 2 is 2.00 bits per heavy atom. The fourth-order valence-corrected chi connectivity index (χ4v) is 2.14. The highest BCUT2D eigenvalue weighted by molar-refractivity contribution is 6.35. The lowest BCUT2D eigenvalue weighted by atomic mass is 10.3. The molecule has 6 nitrogen and oxygen atoms in total. The molecule has 1 aromatic heterocycles. The molecular weight excluding hydrogens is 256 g/mol. The summed E-state index contributed by atoms with van der Waals surface area (Å²) in [6.45, 7) is 4.99. The first-order valence-corrected chi connectivity index (χ1v) is 6.95. The first-order chi connectivity index (χ1) is 9.72. The lowest BCUT2D eigenvalue weighted by Crippen LogP contribution is -2.52. The summed E-state index contributed by atoms with van der Waals surface area (Å²) in [6, 6.07) is 5.77. The van der Waals surface area contributed by atoms with Crippen molar-refractivity contribution in [2.24, 2.45) is 0 Å². The summed E-state index contributed by atoms with van der Waals surface area (Å²) in [6.07, 6.45) is 2.58. The molecule has 1 N–H and O–H groups in total. The molecule has 2 amide bonds. The van der Waals surface area contributed by atoms with E-state index in [1.54, 1.807) is 11.1 Å². The van der Waals surface area contributed by atoms with Crippen LogP contribution in [0, 0.1) is 0 Å². The quantitative estimate of drug-likeness (QED) is 0.804. The number of piperazine rings is 1. The molecule has 108 valence electrons. The molecule has 1 fully saturated rings. The Labute approximate surface area is 118 Å². The van der Waals surface area contributed by atoms with Crippen LogP contribution >= 0.6 is 0 Å². The maximum absolute atomic E-state index is 11.9. The van der Waals surface area contributed by atoms with E-state index in [0.717, 1.165) is 12.2 Å². The Hall–Kier alpha value is -2.11. The van der Waals surface area contributed by atoms with Gasteiger partial charge in [-0.3, -0.25) is 9.59 Å². The van der Waals surface area contributed by atoms with Gasteiger partial charge in [0.05, 0.1) is 0 Å². The lowest BCUT2D eigenvalue weighted by molar-refractivity contribution is -0.146. The van der Waals surface area contributed by atoms with Gasteiger partial charge in [0.2, 0.25) is 0 Å². The van der Waals surface area contributed by atoms with Gasteiger partial charge in [0.15, 0.2) is 0 Å². The van der Waals surface area contributed by atoms with Crippen molar-refractivity contribution in [1.29, 1.82) is 0 Å². The van der Waals surface area contributed by atoms with Crippen LogP contribution < -0.4 is 10.2 Å². The average molecular weight is 276 g/mol. The molecule has 0 unspecified atom stereocenters. The van der Waals surface area contributed by atoms with Crippen molar-refractivity contribution < 1.29 is 9.59 Å². The second-order valence-electron chi connectivity index (χ2n) is 4.72. The molecule has 2 heterocycles. The van der Waals surface area contributed by atoms with E-state index in [-0.39, 0.29) is 0 Å². The van der Waals surface area contributed by atoms with Crippen LogP contribution in [0.2, 0.25) is 0 Å². The van der Waals surface area contributed by atoms with Crippen molar-refractivity contribution in [3.63, 3.8) is 0 Å². The van der Waals surface area contributed by atoms with Gasteiger partial charge >= 0.3 is 11.8 Å². The van der Waals surface area contributed by atoms with Gasteiger partial charge in [-0.25, -0.2) is 4.98 Å². The summed E-state index contributed by atoms with van der Waals surface area (Å²) >= 11 is 0. The van der Waals surface area contributed by atoms with Gasteiger partial charge in [0, 0.05) is 38.9 Å². The molecule has 0 saturated carbocycles. The predicted octanol–water partition coefficient (Wildman–Crippen LogP) is 0.256. The first kappa shape index (κ1) is 14.3. The summed E-state index contributed by atoms with van der Waals surface area (Å²) in [4.78, 5) is 31.6. The molecule has 0 radical (unpaired) electrons. The van der Waals surface area contributed by atoms with E-state index in [2.05, 4.69) is 15.2 Å². The number of aromatic nitrogens is 1. The van der Waals surface area contributed by atoms with Crippen molar-refractivity contribution in [3.05, 3.63) is 24.4 Å². The summed E-state index contributed by atoms with van der Waals surface area (Å²) in [5, 5.41) is 2.62. The highest BCUT2D eigenvalue weighted by Gasteiger charge is 2.25. The highest BCUT2D eigenvalue weighted by Crippen LogP contribution is 2.12. The molecule has 0 aromatic carbocycles. The fourth-order valence-electron chi connectivity index (χ4n) is 2.14. The van der Waals surface area contributed by atoms with E-state index >= 15 is 0 Å². The van der Waals surface area contributed by atoms with E-state index in [1.165, 1.54) is 0 Å². The fraction of sp³-hybridized carbons (Fsp3) is 0.500. The van der Waals surface area contributed by atoms with Crippen LogP contribution in [-0.2, 0) is 9.59 Å². The second-order valence-corrected chi connectivity index (χ2v) is 4.72. The molecule has 1 aromatic rings. The molecular formula is C14H20N4O2. The van der Waals surface area contributed by atoms with Crippen molar-refractivity contribution in [3.8, 4) is 0 Å². The Morgan fingerprint density at radius 3 is 2.60 bits per heavy atom. The summed E-state index contributed by atoms with van der Waals surface area (Å²) in [5.41, 5.74) is 0. The Morgan fingerprint density at radius 1 is 1.25 bits per heavy atom. The van der Waals surface area contributed by atoms with Crippen LogP contribution in [0.15, 0.2) is 24.4 Å². The minimum absolute atomic E-state index is 0.431. The third-order valence-corrected chi connectivity index (χ3v) is 3.27. The molecule has 1 aliphatic rings. The molecule has 0 aliphatic carbocycles. The predicted molar refractivity (Wildman–Crippen MR) is 76.3 cm³/mol. The number of nitrogens with zero attached hydrogens (tertiary/aromatic N) is 3. The van der Waals surface area contributed by atoms with Crippen LogP contribution in [0.4, 0.5) is 5.82 Å². The number of hydrogen-bond donors (Lipinski definition) is 1. The monoisotopic (exact) mass is 276 g/mol. The molecule has 1 aliphatic heterocycles. The Balaban J connectivity index is 1.85. The summed E-state index contributed by atoms with van der Waals surface area (Å²) in [7, 11) is 0. The Kier molecular flexibility index (Phi) is 4.92. The minimum atomic E-state index is -0.502. The number of carbonyl (C=O) groups is 2. The van der Waals surface area contributed by atoms with E-state index in [9.17, 15) is 9.59 Å². The maximum Gasteiger partial charge on any atom is 0.312 e. The van der Waals surface area contributed by atoms with E-state index in [0.29, 0.717) is 32.7 Å². The zero-order chi connectivity index (χ0) is 14.4. The molecule has 1 saturated heterocycles. The van der Waals surface area contributed by atoms with Gasteiger partial charge in [-0.15, -0.1) is 0 Å². The van der Waals surface area contributed by atoms with Crippen LogP contribution in [0.3, 0.4) is 0 Å². The topological polar surface area (TPSA) is 65.5 Å². The van der Waals surface area contributed by atoms with E-state index < -0.39 is 11.8 Å². The smallest absolute Gasteiger partial charge is 0.312 e. The average Bonchev–Trinajstić information content (AvgIpc) is 2.53. The molecule has 2 rings (SSSR count). The molecule has 6 heteroatoms. The largest absolute Gasteiger partial charge is 0.353 e. The van der Waals surface area contributed by atoms with Crippen LogP contribution in [0.5, 0.6) is 0 Å². The minimum Gasteiger partial charge on any atom is -0.353 e. The van der Waals surface area contributed by atoms with E-state index in [4.69, 9.17) is 0 Å². The number of pyridine rings is 1. The summed E-state index contributed by atoms with van der Waals surface area (Å²) < 4.78 is 0. The zero-order valence-electron chi connectivity index (χ0n) is 11.7. The van der Waals surface area contributed by atoms with Crippen LogP contribution in [-0.4, -0.2) is 54.4 Å². The summed E-state index contributed by atoms with van der Waals surface area (Å²) in [5.74, 6) is -0.0210. The van der Waals surface area contributed by atoms with Crippen LogP contribution in [0.25, 0.3) is 0 Å². The maximum atomic E-state index is 11.9. The van der Waals surface area contributed by atoms with Gasteiger partial charge in [0.25, 0.3) is 0 Å². The van der Waals surface area contributed by atoms with Gasteiger partial charge in [-0.05, 0) is 18.6 Å². The SMILES string of the molecule is CCCNC(=O)C(=O)N1CCN(c2ccccn2)CC1. The number of amides is 2. The highest BCUT2D eigenvalue weighted by atomic mass is 16.2. The lowest BCUT2D eigenvalue weighted by Gasteiger charge is -2.34. The van der Waals surface area contributed by atoms with Gasteiger partial charge < -0.3 is 15.1 Å². The molecule has 0 atom stereocenters. The number of carbonyl (C=O) groups excluding carboxylic acids is 2. The number of rotatable bonds is 3. The number of hydrogen-bond acceptors (Lipinski definition) is 4. The van der Waals surface area contributed by atoms with Crippen molar-refractivity contribution in [2.45, 2.75) is 13.3 Å². The van der Waals surface area contributed by atoms with Gasteiger partial charge in [-0.1, -0.05) is 13.0 Å². The van der Waals surface area contributed by atoms with Gasteiger partial charge in [-0.2, -0.15) is 0 Å². The zero-order valence-corrected chi connectivity index (χ0v) is 11.7. The number of nitrogens with one attached hydrogen (secondary N) is 1. The normalized spacial score (nSPS) is 15.1. The van der Waals surface area contributed by atoms with Crippen LogP contribution in [0.1, 0.15) is 13.3 Å². The third-order valence-electron chi connectivity index (χ3n) is 3.27. The standard InChI is InChI=1S/C14H20N4O2/c1-2-6-16-13(19)14(20)18-10-8-17(9-11-18)12-5-3-4-7-15-12/h3-5,7H,2,6,8-11H2,1H3,(H,16,19). The van der Waals surface area contributed by atoms with Crippen molar-refractivity contribution >= 4 is 17.6 Å². The molecule has 0 bridgehead atoms. The second kappa shape index (κ2) is 6.88. The Bertz CT molecular complexity index is 456. The first-order valence-electron chi connectivity index (χ1n) is 6.95. The third kappa shape index (κ3) is 3.46. The van der Waals surface area contributed by atoms with Crippen molar-refractivity contribution in [2.75, 3.05) is 37.6 Å². The molecule has 20 heavy (non-hydrogen) atoms. The number of anilines is 1. The molecule has 0 spiro atoms.